The van der Waals surface area contributed by atoms with E-state index in [1.165, 1.54) is 12.1 Å². The maximum Gasteiger partial charge on any atom is 0.337 e. The molecule has 0 saturated carbocycles. The third-order valence-electron chi connectivity index (χ3n) is 4.12. The van der Waals surface area contributed by atoms with Crippen LogP contribution < -0.4 is 4.90 Å². The van der Waals surface area contributed by atoms with Gasteiger partial charge in [-0.25, -0.2) is 9.69 Å². The molecule has 2 amide bonds. The highest BCUT2D eigenvalue weighted by atomic mass is 16.4. The monoisotopic (exact) mass is 275 g/mol. The van der Waals surface area contributed by atoms with Crippen LogP contribution in [0.5, 0.6) is 0 Å². The van der Waals surface area contributed by atoms with E-state index in [-0.39, 0.29) is 29.5 Å². The van der Waals surface area contributed by atoms with E-state index in [0.717, 1.165) is 4.90 Å². The fourth-order valence-corrected chi connectivity index (χ4v) is 2.69. The van der Waals surface area contributed by atoms with Gasteiger partial charge in [0.05, 0.1) is 16.7 Å². The Morgan fingerprint density at radius 1 is 1.25 bits per heavy atom. The molecule has 2 rings (SSSR count). The Labute approximate surface area is 117 Å². The highest BCUT2D eigenvalue weighted by Crippen LogP contribution is 2.41. The summed E-state index contributed by atoms with van der Waals surface area (Å²) >= 11 is 0. The van der Waals surface area contributed by atoms with Crippen LogP contribution in [0.25, 0.3) is 0 Å². The van der Waals surface area contributed by atoms with Crippen molar-refractivity contribution in [1.29, 1.82) is 0 Å². The largest absolute Gasteiger partial charge is 0.478 e. The molecule has 1 aromatic carbocycles. The number of imide groups is 1. The predicted molar refractivity (Wildman–Crippen MR) is 73.5 cm³/mol. The summed E-state index contributed by atoms with van der Waals surface area (Å²) in [6, 6.07) is 6.10. The molecule has 0 aromatic heterocycles. The maximum absolute atomic E-state index is 12.6. The number of carboxylic acid groups (broad SMARTS) is 1. The van der Waals surface area contributed by atoms with Gasteiger partial charge in [0, 0.05) is 6.42 Å². The molecule has 0 atom stereocenters. The predicted octanol–water partition coefficient (Wildman–Crippen LogP) is 2.45. The Kier molecular flexibility index (Phi) is 3.61. The van der Waals surface area contributed by atoms with E-state index in [1.807, 2.05) is 13.8 Å². The molecule has 0 radical (unpaired) electrons. The molecule has 1 aliphatic heterocycles. The maximum atomic E-state index is 12.6. The summed E-state index contributed by atoms with van der Waals surface area (Å²) in [7, 11) is 0. The Balaban J connectivity index is 2.52. The fraction of sp³-hybridized carbons (Fsp3) is 0.400. The van der Waals surface area contributed by atoms with Gasteiger partial charge < -0.3 is 5.11 Å². The number of rotatable bonds is 4. The van der Waals surface area contributed by atoms with E-state index in [1.54, 1.807) is 12.1 Å². The standard InChI is InChI=1S/C15H17NO4/c1-3-15(4-2)9-12(17)16(14(15)20)11-8-6-5-7-10(11)13(18)19/h5-8H,3-4,9H2,1-2H3,(H,18,19). The van der Waals surface area contributed by atoms with E-state index in [0.29, 0.717) is 12.8 Å². The zero-order chi connectivity index (χ0) is 14.9. The average molecular weight is 275 g/mol. The normalized spacial score (nSPS) is 17.6. The first-order chi connectivity index (χ1) is 9.46. The van der Waals surface area contributed by atoms with Crippen molar-refractivity contribution < 1.29 is 19.5 Å². The SMILES string of the molecule is CCC1(CC)CC(=O)N(c2ccccc2C(=O)O)C1=O. The van der Waals surface area contributed by atoms with Gasteiger partial charge in [0.25, 0.3) is 0 Å². The number of hydrogen-bond acceptors (Lipinski definition) is 3. The molecule has 0 bridgehead atoms. The fourth-order valence-electron chi connectivity index (χ4n) is 2.69. The summed E-state index contributed by atoms with van der Waals surface area (Å²) in [5, 5.41) is 9.19. The number of anilines is 1. The lowest BCUT2D eigenvalue weighted by Crippen LogP contribution is -2.36. The Bertz CT molecular complexity index is 575. The lowest BCUT2D eigenvalue weighted by molar-refractivity contribution is -0.126. The number of para-hydroxylation sites is 1. The lowest BCUT2D eigenvalue weighted by atomic mass is 9.81. The van der Waals surface area contributed by atoms with Crippen LogP contribution >= 0.6 is 0 Å². The summed E-state index contributed by atoms with van der Waals surface area (Å²) in [6.07, 6.45) is 1.28. The molecule has 1 aliphatic rings. The van der Waals surface area contributed by atoms with Crippen molar-refractivity contribution in [2.24, 2.45) is 5.41 Å². The highest BCUT2D eigenvalue weighted by molar-refractivity contribution is 6.24. The van der Waals surface area contributed by atoms with Crippen molar-refractivity contribution in [3.05, 3.63) is 29.8 Å². The molecule has 1 aromatic rings. The van der Waals surface area contributed by atoms with Crippen LogP contribution in [0.3, 0.4) is 0 Å². The van der Waals surface area contributed by atoms with E-state index in [2.05, 4.69) is 0 Å². The molecule has 0 spiro atoms. The van der Waals surface area contributed by atoms with Gasteiger partial charge in [-0.3, -0.25) is 9.59 Å². The number of carbonyl (C=O) groups is 3. The second-order valence-electron chi connectivity index (χ2n) is 5.02. The van der Waals surface area contributed by atoms with Crippen LogP contribution in [0.15, 0.2) is 24.3 Å². The number of amides is 2. The Hall–Kier alpha value is -2.17. The summed E-state index contributed by atoms with van der Waals surface area (Å²) in [5.41, 5.74) is -0.557. The summed E-state index contributed by atoms with van der Waals surface area (Å²) in [4.78, 5) is 37.1. The second-order valence-corrected chi connectivity index (χ2v) is 5.02. The summed E-state index contributed by atoms with van der Waals surface area (Å²) in [6.45, 7) is 3.75. The first-order valence-electron chi connectivity index (χ1n) is 6.66. The first-order valence-corrected chi connectivity index (χ1v) is 6.66. The molecule has 106 valence electrons. The third-order valence-corrected chi connectivity index (χ3v) is 4.12. The molecular formula is C15H17NO4. The van der Waals surface area contributed by atoms with Crippen LogP contribution in [-0.4, -0.2) is 22.9 Å². The van der Waals surface area contributed by atoms with Crippen molar-refractivity contribution in [1.82, 2.24) is 0 Å². The van der Waals surface area contributed by atoms with Crippen LogP contribution in [0.2, 0.25) is 0 Å². The second kappa shape index (κ2) is 5.07. The number of nitrogens with zero attached hydrogens (tertiary/aromatic N) is 1. The molecule has 1 N–H and O–H groups in total. The zero-order valence-electron chi connectivity index (χ0n) is 11.5. The summed E-state index contributed by atoms with van der Waals surface area (Å²) < 4.78 is 0. The van der Waals surface area contributed by atoms with Crippen LogP contribution in [0.4, 0.5) is 5.69 Å². The van der Waals surface area contributed by atoms with Crippen LogP contribution in [0.1, 0.15) is 43.5 Å². The van der Waals surface area contributed by atoms with Gasteiger partial charge in [0.15, 0.2) is 0 Å². The van der Waals surface area contributed by atoms with E-state index in [9.17, 15) is 19.5 Å². The highest BCUT2D eigenvalue weighted by Gasteiger charge is 2.50. The minimum absolute atomic E-state index is 0.0304. The minimum Gasteiger partial charge on any atom is -0.478 e. The number of hydrogen-bond donors (Lipinski definition) is 1. The molecule has 0 aliphatic carbocycles. The van der Waals surface area contributed by atoms with Crippen molar-refractivity contribution in [2.45, 2.75) is 33.1 Å². The van der Waals surface area contributed by atoms with Crippen LogP contribution in [0, 0.1) is 5.41 Å². The number of carboxylic acids is 1. The zero-order valence-corrected chi connectivity index (χ0v) is 11.5. The number of benzene rings is 1. The minimum atomic E-state index is -1.15. The molecule has 1 saturated heterocycles. The smallest absolute Gasteiger partial charge is 0.337 e. The first kappa shape index (κ1) is 14.2. The molecule has 5 heteroatoms. The topological polar surface area (TPSA) is 74.7 Å². The average Bonchev–Trinajstić information content (AvgIpc) is 2.70. The summed E-state index contributed by atoms with van der Waals surface area (Å²) in [5.74, 6) is -1.76. The molecular weight excluding hydrogens is 258 g/mol. The van der Waals surface area contributed by atoms with Gasteiger partial charge in [0.2, 0.25) is 11.8 Å². The van der Waals surface area contributed by atoms with Gasteiger partial charge >= 0.3 is 5.97 Å². The molecule has 1 fully saturated rings. The lowest BCUT2D eigenvalue weighted by Gasteiger charge is -2.24. The van der Waals surface area contributed by atoms with Crippen molar-refractivity contribution >= 4 is 23.5 Å². The molecule has 1 heterocycles. The van der Waals surface area contributed by atoms with Gasteiger partial charge in [-0.1, -0.05) is 26.0 Å². The van der Waals surface area contributed by atoms with Gasteiger partial charge in [0.1, 0.15) is 0 Å². The van der Waals surface area contributed by atoms with Crippen molar-refractivity contribution in [3.63, 3.8) is 0 Å². The third kappa shape index (κ3) is 1.99. The van der Waals surface area contributed by atoms with Crippen LogP contribution in [-0.2, 0) is 9.59 Å². The van der Waals surface area contributed by atoms with Gasteiger partial charge in [-0.2, -0.15) is 0 Å². The quantitative estimate of drug-likeness (QED) is 0.856. The van der Waals surface area contributed by atoms with E-state index < -0.39 is 11.4 Å². The number of carbonyl (C=O) groups excluding carboxylic acids is 2. The Morgan fingerprint density at radius 2 is 1.85 bits per heavy atom. The Morgan fingerprint density at radius 3 is 2.35 bits per heavy atom. The van der Waals surface area contributed by atoms with E-state index >= 15 is 0 Å². The van der Waals surface area contributed by atoms with Gasteiger partial charge in [-0.05, 0) is 25.0 Å². The van der Waals surface area contributed by atoms with Crippen molar-refractivity contribution in [3.8, 4) is 0 Å². The van der Waals surface area contributed by atoms with Gasteiger partial charge in [-0.15, -0.1) is 0 Å². The molecule has 5 nitrogen and oxygen atoms in total. The van der Waals surface area contributed by atoms with Crippen molar-refractivity contribution in [2.75, 3.05) is 4.90 Å². The number of aromatic carboxylic acids is 1. The molecule has 0 unspecified atom stereocenters. The van der Waals surface area contributed by atoms with E-state index in [4.69, 9.17) is 0 Å². The molecule has 20 heavy (non-hydrogen) atoms.